The molecule has 112 valence electrons. The van der Waals surface area contributed by atoms with Gasteiger partial charge in [0.1, 0.15) is 15.5 Å². The number of methoxy groups -OCH3 is 1. The van der Waals surface area contributed by atoms with Crippen LogP contribution in [0.3, 0.4) is 0 Å². The summed E-state index contributed by atoms with van der Waals surface area (Å²) in [6.07, 6.45) is 4.61. The SMILES string of the molecule is CCc1nc(C2(OC)CCC(C)(C)CC2)sc1C(=O)O. The van der Waals surface area contributed by atoms with Gasteiger partial charge in [-0.25, -0.2) is 9.78 Å². The molecule has 0 amide bonds. The molecule has 1 aliphatic carbocycles. The highest BCUT2D eigenvalue weighted by atomic mass is 32.1. The smallest absolute Gasteiger partial charge is 0.347 e. The molecule has 0 aliphatic heterocycles. The van der Waals surface area contributed by atoms with E-state index in [-0.39, 0.29) is 0 Å². The lowest BCUT2D eigenvalue weighted by molar-refractivity contribution is -0.0668. The number of carboxylic acids is 1. The Morgan fingerprint density at radius 2 is 1.95 bits per heavy atom. The van der Waals surface area contributed by atoms with Crippen LogP contribution in [0.2, 0.25) is 0 Å². The number of aromatic carboxylic acids is 1. The largest absolute Gasteiger partial charge is 0.477 e. The van der Waals surface area contributed by atoms with E-state index in [4.69, 9.17) is 4.74 Å². The van der Waals surface area contributed by atoms with Crippen molar-refractivity contribution in [3.05, 3.63) is 15.6 Å². The molecule has 2 rings (SSSR count). The summed E-state index contributed by atoms with van der Waals surface area (Å²) >= 11 is 1.29. The number of hydrogen-bond acceptors (Lipinski definition) is 4. The third-order valence-electron chi connectivity index (χ3n) is 4.42. The first-order valence-electron chi connectivity index (χ1n) is 7.12. The average Bonchev–Trinajstić information content (AvgIpc) is 2.84. The monoisotopic (exact) mass is 297 g/mol. The number of thiazole rings is 1. The number of carbonyl (C=O) groups is 1. The Morgan fingerprint density at radius 3 is 2.35 bits per heavy atom. The van der Waals surface area contributed by atoms with Gasteiger partial charge in [0.2, 0.25) is 0 Å². The second kappa shape index (κ2) is 5.45. The Bertz CT molecular complexity index is 497. The summed E-state index contributed by atoms with van der Waals surface area (Å²) in [4.78, 5) is 16.2. The van der Waals surface area contributed by atoms with E-state index >= 15 is 0 Å². The van der Waals surface area contributed by atoms with E-state index in [1.807, 2.05) is 6.92 Å². The maximum atomic E-state index is 11.3. The first-order chi connectivity index (χ1) is 9.33. The molecule has 1 saturated carbocycles. The topological polar surface area (TPSA) is 59.4 Å². The van der Waals surface area contributed by atoms with E-state index in [1.54, 1.807) is 7.11 Å². The second-order valence-electron chi connectivity index (χ2n) is 6.32. The van der Waals surface area contributed by atoms with E-state index in [2.05, 4.69) is 18.8 Å². The van der Waals surface area contributed by atoms with Gasteiger partial charge in [0, 0.05) is 7.11 Å². The number of aromatic nitrogens is 1. The molecule has 4 nitrogen and oxygen atoms in total. The van der Waals surface area contributed by atoms with Gasteiger partial charge in [-0.2, -0.15) is 0 Å². The van der Waals surface area contributed by atoms with Crippen molar-refractivity contribution in [3.8, 4) is 0 Å². The molecule has 1 fully saturated rings. The summed E-state index contributed by atoms with van der Waals surface area (Å²) in [7, 11) is 1.71. The zero-order valence-corrected chi connectivity index (χ0v) is 13.5. The van der Waals surface area contributed by atoms with Crippen molar-refractivity contribution in [1.29, 1.82) is 0 Å². The van der Waals surface area contributed by atoms with E-state index in [1.165, 1.54) is 11.3 Å². The second-order valence-corrected chi connectivity index (χ2v) is 7.32. The van der Waals surface area contributed by atoms with Crippen molar-refractivity contribution < 1.29 is 14.6 Å². The van der Waals surface area contributed by atoms with E-state index in [9.17, 15) is 9.90 Å². The van der Waals surface area contributed by atoms with Crippen molar-refractivity contribution >= 4 is 17.3 Å². The summed E-state index contributed by atoms with van der Waals surface area (Å²) in [5.41, 5.74) is 0.624. The Balaban J connectivity index is 2.35. The quantitative estimate of drug-likeness (QED) is 0.917. The molecule has 1 aromatic heterocycles. The number of nitrogens with zero attached hydrogens (tertiary/aromatic N) is 1. The van der Waals surface area contributed by atoms with Crippen LogP contribution in [0.25, 0.3) is 0 Å². The zero-order valence-electron chi connectivity index (χ0n) is 12.7. The van der Waals surface area contributed by atoms with Crippen LogP contribution in [-0.4, -0.2) is 23.2 Å². The fraction of sp³-hybridized carbons (Fsp3) is 0.733. The number of rotatable bonds is 4. The van der Waals surface area contributed by atoms with Crippen LogP contribution >= 0.6 is 11.3 Å². The third-order valence-corrected chi connectivity index (χ3v) is 5.69. The molecule has 0 aromatic carbocycles. The van der Waals surface area contributed by atoms with Gasteiger partial charge < -0.3 is 9.84 Å². The normalized spacial score (nSPS) is 20.8. The van der Waals surface area contributed by atoms with Crippen molar-refractivity contribution in [2.75, 3.05) is 7.11 Å². The molecule has 1 aliphatic rings. The van der Waals surface area contributed by atoms with Gasteiger partial charge in [-0.05, 0) is 37.5 Å². The minimum absolute atomic E-state index is 0.336. The van der Waals surface area contributed by atoms with Crippen LogP contribution < -0.4 is 0 Å². The molecule has 0 atom stereocenters. The highest BCUT2D eigenvalue weighted by Gasteiger charge is 2.42. The molecule has 1 aromatic rings. The predicted molar refractivity (Wildman–Crippen MR) is 79.4 cm³/mol. The Hall–Kier alpha value is -0.940. The number of carboxylic acid groups (broad SMARTS) is 1. The highest BCUT2D eigenvalue weighted by molar-refractivity contribution is 7.13. The number of hydrogen-bond donors (Lipinski definition) is 1. The van der Waals surface area contributed by atoms with Crippen molar-refractivity contribution in [1.82, 2.24) is 4.98 Å². The molecule has 0 radical (unpaired) electrons. The van der Waals surface area contributed by atoms with Gasteiger partial charge in [-0.15, -0.1) is 11.3 Å². The number of aryl methyl sites for hydroxylation is 1. The molecule has 5 heteroatoms. The Kier molecular flexibility index (Phi) is 4.21. The van der Waals surface area contributed by atoms with Crippen molar-refractivity contribution in [2.24, 2.45) is 5.41 Å². The number of ether oxygens (including phenoxy) is 1. The van der Waals surface area contributed by atoms with E-state index in [0.717, 1.165) is 30.7 Å². The van der Waals surface area contributed by atoms with E-state index in [0.29, 0.717) is 22.4 Å². The molecule has 1 N–H and O–H groups in total. The van der Waals surface area contributed by atoms with Crippen LogP contribution in [-0.2, 0) is 16.8 Å². The first-order valence-corrected chi connectivity index (χ1v) is 7.94. The average molecular weight is 297 g/mol. The minimum atomic E-state index is -0.881. The highest BCUT2D eigenvalue weighted by Crippen LogP contribution is 2.48. The lowest BCUT2D eigenvalue weighted by atomic mass is 9.71. The molecule has 20 heavy (non-hydrogen) atoms. The zero-order chi connectivity index (χ0) is 15.0. The summed E-state index contributed by atoms with van der Waals surface area (Å²) in [5, 5.41) is 10.1. The van der Waals surface area contributed by atoms with Crippen LogP contribution in [0, 0.1) is 5.41 Å². The molecule has 0 saturated heterocycles. The fourth-order valence-corrected chi connectivity index (χ4v) is 4.01. The van der Waals surface area contributed by atoms with Gasteiger partial charge in [0.15, 0.2) is 0 Å². The van der Waals surface area contributed by atoms with Crippen LogP contribution in [0.1, 0.15) is 66.8 Å². The lowest BCUT2D eigenvalue weighted by Gasteiger charge is -2.41. The van der Waals surface area contributed by atoms with Gasteiger partial charge in [0.25, 0.3) is 0 Å². The van der Waals surface area contributed by atoms with Gasteiger partial charge >= 0.3 is 5.97 Å². The predicted octanol–water partition coefficient (Wildman–Crippen LogP) is 3.85. The molecule has 1 heterocycles. The van der Waals surface area contributed by atoms with E-state index < -0.39 is 11.6 Å². The first kappa shape index (κ1) is 15.4. The fourth-order valence-electron chi connectivity index (χ4n) is 2.79. The molecular formula is C15H23NO3S. The summed E-state index contributed by atoms with van der Waals surface area (Å²) in [5.74, 6) is -0.881. The maximum Gasteiger partial charge on any atom is 0.347 e. The molecule has 0 bridgehead atoms. The molecular weight excluding hydrogens is 274 g/mol. The van der Waals surface area contributed by atoms with Crippen LogP contribution in [0.15, 0.2) is 0 Å². The lowest BCUT2D eigenvalue weighted by Crippen LogP contribution is -2.36. The van der Waals surface area contributed by atoms with Gasteiger partial charge in [0.05, 0.1) is 5.69 Å². The summed E-state index contributed by atoms with van der Waals surface area (Å²) in [6.45, 7) is 6.48. The molecule has 0 spiro atoms. The minimum Gasteiger partial charge on any atom is -0.477 e. The van der Waals surface area contributed by atoms with Crippen molar-refractivity contribution in [2.45, 2.75) is 58.5 Å². The van der Waals surface area contributed by atoms with Crippen LogP contribution in [0.4, 0.5) is 0 Å². The molecule has 0 unspecified atom stereocenters. The van der Waals surface area contributed by atoms with Crippen molar-refractivity contribution in [3.63, 3.8) is 0 Å². The van der Waals surface area contributed by atoms with Gasteiger partial charge in [-0.1, -0.05) is 20.8 Å². The summed E-state index contributed by atoms with van der Waals surface area (Å²) < 4.78 is 5.81. The Morgan fingerprint density at radius 1 is 1.35 bits per heavy atom. The summed E-state index contributed by atoms with van der Waals surface area (Å²) in [6, 6.07) is 0. The standard InChI is InChI=1S/C15H23NO3S/c1-5-10-11(12(17)18)20-13(16-10)15(19-4)8-6-14(2,3)7-9-15/h5-9H2,1-4H3,(H,17,18). The van der Waals surface area contributed by atoms with Crippen LogP contribution in [0.5, 0.6) is 0 Å². The van der Waals surface area contributed by atoms with Gasteiger partial charge in [-0.3, -0.25) is 0 Å². The maximum absolute atomic E-state index is 11.3. The Labute approximate surface area is 124 Å². The third kappa shape index (κ3) is 2.74.